The van der Waals surface area contributed by atoms with Crippen molar-refractivity contribution < 1.29 is 18.8 Å². The van der Waals surface area contributed by atoms with Gasteiger partial charge in [0.15, 0.2) is 4.34 Å². The number of thioether (sulfide) groups is 1. The van der Waals surface area contributed by atoms with Crippen molar-refractivity contribution >= 4 is 51.6 Å². The molecule has 4 rings (SSSR count). The lowest BCUT2D eigenvalue weighted by Gasteiger charge is -2.35. The van der Waals surface area contributed by atoms with Crippen molar-refractivity contribution in [1.82, 2.24) is 20.4 Å². The molecule has 0 saturated carbocycles. The number of amides is 3. The zero-order valence-electron chi connectivity index (χ0n) is 19.1. The molecule has 1 aromatic heterocycles. The van der Waals surface area contributed by atoms with E-state index in [4.69, 9.17) is 0 Å². The summed E-state index contributed by atoms with van der Waals surface area (Å²) in [6.45, 7) is 6.48. The van der Waals surface area contributed by atoms with Crippen LogP contribution in [0.1, 0.15) is 20.3 Å². The molecule has 0 aliphatic carbocycles. The smallest absolute Gasteiger partial charge is 0.230 e. The SMILES string of the molecule is CC(C)NC(=O)CSc1nnc(N2CCN(C(=O)C3CC(=O)N(c4ccc(F)cc4)C3)CC2)s1. The predicted molar refractivity (Wildman–Crippen MR) is 130 cm³/mol. The van der Waals surface area contributed by atoms with Crippen LogP contribution in [-0.4, -0.2) is 77.3 Å². The minimum atomic E-state index is -0.398. The van der Waals surface area contributed by atoms with Gasteiger partial charge in [-0.25, -0.2) is 4.39 Å². The maximum Gasteiger partial charge on any atom is 0.230 e. The Morgan fingerprint density at radius 2 is 1.88 bits per heavy atom. The van der Waals surface area contributed by atoms with Gasteiger partial charge in [0.25, 0.3) is 0 Å². The summed E-state index contributed by atoms with van der Waals surface area (Å²) in [6.07, 6.45) is 0.164. The molecule has 9 nitrogen and oxygen atoms in total. The summed E-state index contributed by atoms with van der Waals surface area (Å²) in [5, 5.41) is 12.0. The van der Waals surface area contributed by atoms with E-state index < -0.39 is 5.92 Å². The van der Waals surface area contributed by atoms with Crippen LogP contribution >= 0.6 is 23.1 Å². The highest BCUT2D eigenvalue weighted by Gasteiger charge is 2.38. The first-order valence-electron chi connectivity index (χ1n) is 11.2. The summed E-state index contributed by atoms with van der Waals surface area (Å²) >= 11 is 2.80. The molecule has 12 heteroatoms. The molecule has 1 unspecified atom stereocenters. The Labute approximate surface area is 205 Å². The van der Waals surface area contributed by atoms with E-state index in [0.29, 0.717) is 44.2 Å². The Kier molecular flexibility index (Phi) is 7.67. The number of carbonyl (C=O) groups excluding carboxylic acids is 3. The van der Waals surface area contributed by atoms with Gasteiger partial charge >= 0.3 is 0 Å². The van der Waals surface area contributed by atoms with Gasteiger partial charge in [0, 0.05) is 50.9 Å². The summed E-state index contributed by atoms with van der Waals surface area (Å²) in [7, 11) is 0. The number of piperazine rings is 1. The Balaban J connectivity index is 1.26. The third kappa shape index (κ3) is 5.84. The summed E-state index contributed by atoms with van der Waals surface area (Å²) < 4.78 is 13.9. The molecule has 2 aromatic rings. The third-order valence-corrected chi connectivity index (χ3v) is 7.76. The molecule has 2 aliphatic rings. The molecular weight excluding hydrogens is 479 g/mol. The lowest BCUT2D eigenvalue weighted by molar-refractivity contribution is -0.136. The van der Waals surface area contributed by atoms with Gasteiger partial charge < -0.3 is 20.0 Å². The number of hydrogen-bond donors (Lipinski definition) is 1. The average molecular weight is 507 g/mol. The fourth-order valence-electron chi connectivity index (χ4n) is 4.00. The number of anilines is 2. The van der Waals surface area contributed by atoms with Crippen LogP contribution in [0.3, 0.4) is 0 Å². The summed E-state index contributed by atoms with van der Waals surface area (Å²) in [5.41, 5.74) is 0.609. The topological polar surface area (TPSA) is 98.7 Å². The Bertz CT molecular complexity index is 1040. The number of aromatic nitrogens is 2. The van der Waals surface area contributed by atoms with Crippen molar-refractivity contribution in [2.45, 2.75) is 30.6 Å². The predicted octanol–water partition coefficient (Wildman–Crippen LogP) is 2.00. The highest BCUT2D eigenvalue weighted by atomic mass is 32.2. The van der Waals surface area contributed by atoms with Crippen LogP contribution in [0.4, 0.5) is 15.2 Å². The molecule has 2 saturated heterocycles. The molecule has 3 heterocycles. The lowest BCUT2D eigenvalue weighted by atomic mass is 10.1. The molecule has 1 atom stereocenters. The van der Waals surface area contributed by atoms with Crippen molar-refractivity contribution in [3.63, 3.8) is 0 Å². The summed E-state index contributed by atoms with van der Waals surface area (Å²) in [4.78, 5) is 42.8. The largest absolute Gasteiger partial charge is 0.353 e. The second-order valence-electron chi connectivity index (χ2n) is 8.56. The first-order chi connectivity index (χ1) is 16.3. The minimum Gasteiger partial charge on any atom is -0.353 e. The van der Waals surface area contributed by atoms with Crippen LogP contribution < -0.4 is 15.1 Å². The molecule has 1 N–H and O–H groups in total. The lowest BCUT2D eigenvalue weighted by Crippen LogP contribution is -2.50. The van der Waals surface area contributed by atoms with E-state index in [0.717, 1.165) is 9.47 Å². The number of hydrogen-bond acceptors (Lipinski definition) is 8. The Hall–Kier alpha value is -2.73. The molecule has 0 bridgehead atoms. The van der Waals surface area contributed by atoms with E-state index in [9.17, 15) is 18.8 Å². The van der Waals surface area contributed by atoms with Gasteiger partial charge in [-0.15, -0.1) is 10.2 Å². The Morgan fingerprint density at radius 3 is 2.56 bits per heavy atom. The van der Waals surface area contributed by atoms with E-state index in [-0.39, 0.29) is 36.0 Å². The van der Waals surface area contributed by atoms with E-state index in [1.54, 1.807) is 21.9 Å². The van der Waals surface area contributed by atoms with E-state index in [2.05, 4.69) is 20.4 Å². The quantitative estimate of drug-likeness (QED) is 0.574. The van der Waals surface area contributed by atoms with Gasteiger partial charge in [0.2, 0.25) is 22.9 Å². The summed E-state index contributed by atoms with van der Waals surface area (Å²) in [6, 6.07) is 5.85. The second kappa shape index (κ2) is 10.7. The van der Waals surface area contributed by atoms with Gasteiger partial charge in [-0.1, -0.05) is 23.1 Å². The second-order valence-corrected chi connectivity index (χ2v) is 10.7. The van der Waals surface area contributed by atoms with Crippen LogP contribution in [0, 0.1) is 11.7 Å². The Morgan fingerprint density at radius 1 is 1.18 bits per heavy atom. The molecule has 0 radical (unpaired) electrons. The molecule has 182 valence electrons. The number of benzene rings is 1. The molecule has 34 heavy (non-hydrogen) atoms. The van der Waals surface area contributed by atoms with E-state index in [1.807, 2.05) is 13.8 Å². The van der Waals surface area contributed by atoms with Crippen LogP contribution in [0.25, 0.3) is 0 Å². The first kappa shape index (κ1) is 24.4. The third-order valence-electron chi connectivity index (χ3n) is 5.65. The van der Waals surface area contributed by atoms with Crippen molar-refractivity contribution in [2.24, 2.45) is 5.92 Å². The number of rotatable bonds is 7. The number of nitrogens with zero attached hydrogens (tertiary/aromatic N) is 5. The van der Waals surface area contributed by atoms with Gasteiger partial charge in [-0.2, -0.15) is 0 Å². The zero-order valence-corrected chi connectivity index (χ0v) is 20.7. The average Bonchev–Trinajstić information content (AvgIpc) is 3.44. The van der Waals surface area contributed by atoms with Gasteiger partial charge in [-0.05, 0) is 38.1 Å². The van der Waals surface area contributed by atoms with Crippen LogP contribution in [-0.2, 0) is 14.4 Å². The fraction of sp³-hybridized carbons (Fsp3) is 0.500. The van der Waals surface area contributed by atoms with E-state index in [1.165, 1.54) is 35.2 Å². The van der Waals surface area contributed by atoms with Crippen molar-refractivity contribution in [2.75, 3.05) is 48.3 Å². The minimum absolute atomic E-state index is 0.0257. The maximum atomic E-state index is 13.2. The zero-order chi connectivity index (χ0) is 24.2. The molecule has 2 aliphatic heterocycles. The number of halogens is 1. The normalized spacial score (nSPS) is 18.6. The van der Waals surface area contributed by atoms with Gasteiger partial charge in [0.1, 0.15) is 5.82 Å². The number of carbonyl (C=O) groups is 3. The van der Waals surface area contributed by atoms with Crippen molar-refractivity contribution in [3.8, 4) is 0 Å². The highest BCUT2D eigenvalue weighted by Crippen LogP contribution is 2.30. The fourth-order valence-corrected chi connectivity index (χ4v) is 5.70. The molecule has 1 aromatic carbocycles. The molecular formula is C22H27FN6O3S2. The van der Waals surface area contributed by atoms with Gasteiger partial charge in [0.05, 0.1) is 11.7 Å². The monoisotopic (exact) mass is 506 g/mol. The standard InChI is InChI=1S/C22H27FN6O3S2/c1-14(2)24-18(30)13-33-22-26-25-21(34-22)28-9-7-27(8-10-28)20(32)15-11-19(31)29(12-15)17-5-3-16(23)4-6-17/h3-6,14-15H,7-13H2,1-2H3,(H,24,30). The van der Waals surface area contributed by atoms with Crippen LogP contribution in [0.5, 0.6) is 0 Å². The van der Waals surface area contributed by atoms with E-state index >= 15 is 0 Å². The van der Waals surface area contributed by atoms with Crippen LogP contribution in [0.15, 0.2) is 28.6 Å². The van der Waals surface area contributed by atoms with Gasteiger partial charge in [-0.3, -0.25) is 14.4 Å². The molecule has 2 fully saturated rings. The summed E-state index contributed by atoms with van der Waals surface area (Å²) in [5.74, 6) is -0.646. The molecule has 0 spiro atoms. The highest BCUT2D eigenvalue weighted by molar-refractivity contribution is 8.01. The molecule has 3 amide bonds. The first-order valence-corrected chi connectivity index (χ1v) is 13.0. The van der Waals surface area contributed by atoms with Crippen LogP contribution in [0.2, 0.25) is 0 Å². The van der Waals surface area contributed by atoms with Crippen molar-refractivity contribution in [3.05, 3.63) is 30.1 Å². The van der Waals surface area contributed by atoms with Crippen molar-refractivity contribution in [1.29, 1.82) is 0 Å². The maximum absolute atomic E-state index is 13.2. The number of nitrogens with one attached hydrogen (secondary N) is 1.